The number of nitrogen functional groups attached to an aromatic ring is 1. The number of nitrogens with two attached hydrogens (primary N) is 1. The van der Waals surface area contributed by atoms with Gasteiger partial charge in [-0.25, -0.2) is 32.3 Å². The average Bonchev–Trinajstić information content (AvgIpc) is 3.03. The first-order valence-corrected chi connectivity index (χ1v) is 14.3. The van der Waals surface area contributed by atoms with Crippen LogP contribution in [0.1, 0.15) is 0 Å². The smallest absolute Gasteiger partial charge is 0.163 e. The molecule has 1 unspecified atom stereocenters. The number of nitrogens with zero attached hydrogens (tertiary/aromatic N) is 4. The topological polar surface area (TPSA) is 115 Å². The molecule has 3 N–H and O–H groups in total. The highest BCUT2D eigenvalue weighted by molar-refractivity contribution is 7.86. The van der Waals surface area contributed by atoms with Crippen LogP contribution in [0.25, 0.3) is 33.4 Å². The number of morpholine rings is 1. The van der Waals surface area contributed by atoms with Crippen LogP contribution in [0.15, 0.2) is 71.8 Å². The molecular weight excluding hydrogens is 581 g/mol. The second-order valence-corrected chi connectivity index (χ2v) is 10.8. The SMILES string of the molecule is COc1cc(-c2cccc(NS(=O)c3cc(F)ccc3F)c2F)cc2c(N3CCOCC3)nc(-c3ccc(N)nc3)nc12. The Morgan fingerprint density at radius 1 is 1.00 bits per heavy atom. The molecule has 1 fully saturated rings. The molecule has 3 heterocycles. The summed E-state index contributed by atoms with van der Waals surface area (Å²) in [6.45, 7) is 2.17. The van der Waals surface area contributed by atoms with E-state index in [4.69, 9.17) is 25.2 Å². The third-order valence-corrected chi connectivity index (χ3v) is 8.04. The Labute approximate surface area is 247 Å². The highest BCUT2D eigenvalue weighted by Crippen LogP contribution is 2.39. The van der Waals surface area contributed by atoms with Gasteiger partial charge in [0.25, 0.3) is 0 Å². The maximum atomic E-state index is 15.9. The number of benzene rings is 3. The zero-order chi connectivity index (χ0) is 30.1. The molecule has 1 atom stereocenters. The maximum absolute atomic E-state index is 15.9. The minimum Gasteiger partial charge on any atom is -0.494 e. The zero-order valence-corrected chi connectivity index (χ0v) is 23.6. The Bertz CT molecular complexity index is 1850. The molecule has 9 nitrogen and oxygen atoms in total. The van der Waals surface area contributed by atoms with Crippen molar-refractivity contribution < 1.29 is 26.9 Å². The van der Waals surface area contributed by atoms with E-state index in [2.05, 4.69) is 14.6 Å². The van der Waals surface area contributed by atoms with Gasteiger partial charge in [-0.1, -0.05) is 12.1 Å². The second kappa shape index (κ2) is 11.9. The van der Waals surface area contributed by atoms with E-state index in [1.165, 1.54) is 13.2 Å². The molecule has 3 aromatic carbocycles. The molecule has 1 aliphatic rings. The van der Waals surface area contributed by atoms with Gasteiger partial charge in [-0.05, 0) is 54.1 Å². The summed E-state index contributed by atoms with van der Waals surface area (Å²) in [7, 11) is -0.780. The summed E-state index contributed by atoms with van der Waals surface area (Å²) in [5, 5.41) is 0.617. The Hall–Kier alpha value is -4.75. The largest absolute Gasteiger partial charge is 0.494 e. The van der Waals surface area contributed by atoms with E-state index in [0.717, 1.165) is 18.2 Å². The van der Waals surface area contributed by atoms with Crippen LogP contribution in [0.3, 0.4) is 0 Å². The van der Waals surface area contributed by atoms with Crippen molar-refractivity contribution in [2.24, 2.45) is 0 Å². The third-order valence-electron chi connectivity index (χ3n) is 6.93. The summed E-state index contributed by atoms with van der Waals surface area (Å²) in [6, 6.07) is 13.9. The molecule has 5 aromatic rings. The molecule has 0 spiro atoms. The minimum absolute atomic E-state index is 0.154. The summed E-state index contributed by atoms with van der Waals surface area (Å²) in [5.74, 6) is -0.630. The van der Waals surface area contributed by atoms with E-state index in [-0.39, 0.29) is 11.3 Å². The van der Waals surface area contributed by atoms with Gasteiger partial charge >= 0.3 is 0 Å². The second-order valence-electron chi connectivity index (χ2n) is 9.63. The van der Waals surface area contributed by atoms with Crippen molar-refractivity contribution in [3.8, 4) is 28.3 Å². The number of fused-ring (bicyclic) bond motifs is 1. The van der Waals surface area contributed by atoms with Gasteiger partial charge in [-0.3, -0.25) is 4.72 Å². The minimum atomic E-state index is -2.27. The Morgan fingerprint density at radius 3 is 2.56 bits per heavy atom. The number of anilines is 3. The monoisotopic (exact) mass is 606 g/mol. The van der Waals surface area contributed by atoms with Crippen molar-refractivity contribution >= 4 is 39.2 Å². The van der Waals surface area contributed by atoms with Crippen LogP contribution in [-0.2, 0) is 15.7 Å². The molecule has 0 saturated carbocycles. The van der Waals surface area contributed by atoms with Crippen LogP contribution in [0.5, 0.6) is 5.75 Å². The van der Waals surface area contributed by atoms with E-state index in [1.54, 1.807) is 42.6 Å². The number of hydrogen-bond acceptors (Lipinski definition) is 8. The summed E-state index contributed by atoms with van der Waals surface area (Å²) >= 11 is 0. The van der Waals surface area contributed by atoms with Crippen LogP contribution in [-0.4, -0.2) is 52.6 Å². The number of halogens is 3. The van der Waals surface area contributed by atoms with Crippen molar-refractivity contribution in [3.63, 3.8) is 0 Å². The van der Waals surface area contributed by atoms with Crippen molar-refractivity contribution in [1.82, 2.24) is 15.0 Å². The van der Waals surface area contributed by atoms with Crippen LogP contribution in [0, 0.1) is 17.5 Å². The van der Waals surface area contributed by atoms with Gasteiger partial charge in [0.2, 0.25) is 0 Å². The summed E-state index contributed by atoms with van der Waals surface area (Å²) < 4.78 is 70.4. The Kier molecular flexibility index (Phi) is 7.82. The molecular formula is C30H25F3N6O3S. The van der Waals surface area contributed by atoms with Crippen molar-refractivity contribution in [3.05, 3.63) is 84.3 Å². The van der Waals surface area contributed by atoms with Gasteiger partial charge in [0.1, 0.15) is 34.5 Å². The van der Waals surface area contributed by atoms with Gasteiger partial charge in [-0.2, -0.15) is 0 Å². The first-order valence-electron chi connectivity index (χ1n) is 13.2. The van der Waals surface area contributed by atoms with E-state index in [1.807, 2.05) is 0 Å². The van der Waals surface area contributed by atoms with Gasteiger partial charge in [0, 0.05) is 35.8 Å². The fourth-order valence-electron chi connectivity index (χ4n) is 4.79. The van der Waals surface area contributed by atoms with E-state index in [9.17, 15) is 13.0 Å². The lowest BCUT2D eigenvalue weighted by Crippen LogP contribution is -2.37. The summed E-state index contributed by atoms with van der Waals surface area (Å²) in [4.78, 5) is 15.4. The van der Waals surface area contributed by atoms with Crippen LogP contribution >= 0.6 is 0 Å². The normalized spacial score (nSPS) is 14.1. The highest BCUT2D eigenvalue weighted by Gasteiger charge is 2.23. The fraction of sp³-hybridized carbons (Fsp3) is 0.167. The highest BCUT2D eigenvalue weighted by atomic mass is 32.2. The summed E-state index contributed by atoms with van der Waals surface area (Å²) in [5.41, 5.74) is 7.37. The molecule has 220 valence electrons. The number of nitrogens with one attached hydrogen (secondary N) is 1. The average molecular weight is 607 g/mol. The molecule has 2 aromatic heterocycles. The Morgan fingerprint density at radius 2 is 1.81 bits per heavy atom. The number of aromatic nitrogens is 3. The van der Waals surface area contributed by atoms with E-state index < -0.39 is 33.3 Å². The number of methoxy groups -OCH3 is 1. The molecule has 0 bridgehead atoms. The molecule has 43 heavy (non-hydrogen) atoms. The lowest BCUT2D eigenvalue weighted by Gasteiger charge is -2.29. The van der Waals surface area contributed by atoms with Gasteiger partial charge in [0.15, 0.2) is 22.6 Å². The number of ether oxygens (including phenoxy) is 2. The predicted octanol–water partition coefficient (Wildman–Crippen LogP) is 5.34. The van der Waals surface area contributed by atoms with Crippen LogP contribution in [0.2, 0.25) is 0 Å². The van der Waals surface area contributed by atoms with Crippen LogP contribution < -0.4 is 20.1 Å². The molecule has 6 rings (SSSR count). The standard InChI is InChI=1S/C30H25F3N6O3S/c1-41-24-14-18(20-3-2-4-23(27(20)33)38-43(40)25-15-19(31)6-7-22(25)32)13-21-28(24)36-29(17-5-8-26(34)35-16-17)37-30(21)39-9-11-42-12-10-39/h2-8,13-16,38H,9-12H2,1H3,(H2,34,35). The lowest BCUT2D eigenvalue weighted by molar-refractivity contribution is 0.122. The molecule has 0 amide bonds. The maximum Gasteiger partial charge on any atom is 0.163 e. The first kappa shape index (κ1) is 28.4. The number of rotatable bonds is 7. The Balaban J connectivity index is 1.47. The van der Waals surface area contributed by atoms with Crippen molar-refractivity contribution in [2.75, 3.05) is 48.8 Å². The van der Waals surface area contributed by atoms with Crippen molar-refractivity contribution in [2.45, 2.75) is 4.90 Å². The number of hydrogen-bond donors (Lipinski definition) is 2. The molecule has 13 heteroatoms. The third kappa shape index (κ3) is 5.68. The quantitative estimate of drug-likeness (QED) is 0.255. The van der Waals surface area contributed by atoms with Gasteiger partial charge in [0.05, 0.1) is 30.9 Å². The molecule has 1 saturated heterocycles. The van der Waals surface area contributed by atoms with Crippen molar-refractivity contribution in [1.29, 1.82) is 0 Å². The molecule has 0 aliphatic carbocycles. The zero-order valence-electron chi connectivity index (χ0n) is 22.8. The van der Waals surface area contributed by atoms with Gasteiger partial charge in [-0.15, -0.1) is 0 Å². The molecule has 0 radical (unpaired) electrons. The first-order chi connectivity index (χ1) is 20.8. The predicted molar refractivity (Wildman–Crippen MR) is 159 cm³/mol. The van der Waals surface area contributed by atoms with E-state index >= 15 is 4.39 Å². The fourth-order valence-corrected chi connectivity index (χ4v) is 5.72. The van der Waals surface area contributed by atoms with E-state index in [0.29, 0.717) is 71.5 Å². The summed E-state index contributed by atoms with van der Waals surface area (Å²) in [6.07, 6.45) is 1.59. The van der Waals surface area contributed by atoms with Crippen LogP contribution in [0.4, 0.5) is 30.5 Å². The molecule has 1 aliphatic heterocycles. The number of pyridine rings is 1. The lowest BCUT2D eigenvalue weighted by atomic mass is 10.0. The van der Waals surface area contributed by atoms with Gasteiger partial charge < -0.3 is 20.1 Å².